The van der Waals surface area contributed by atoms with Crippen LogP contribution in [-0.2, 0) is 4.79 Å². The van der Waals surface area contributed by atoms with Gasteiger partial charge in [0, 0.05) is 0 Å². The maximum Gasteiger partial charge on any atom is 0.347 e. The van der Waals surface area contributed by atoms with Gasteiger partial charge in [-0.3, -0.25) is 4.79 Å². The lowest BCUT2D eigenvalue weighted by molar-refractivity contribution is -0.152. The number of aryl methyl sites for hydroxylation is 2. The van der Waals surface area contributed by atoms with Gasteiger partial charge in [0.1, 0.15) is 17.1 Å². The number of hydrogen-bond donors (Lipinski definition) is 1. The molecule has 0 radical (unpaired) electrons. The van der Waals surface area contributed by atoms with Gasteiger partial charge in [0.05, 0.1) is 24.3 Å². The Hall–Kier alpha value is -3.54. The fourth-order valence-corrected chi connectivity index (χ4v) is 3.21. The van der Waals surface area contributed by atoms with Crippen molar-refractivity contribution in [2.45, 2.75) is 33.3 Å². The van der Waals surface area contributed by atoms with Crippen LogP contribution >= 0.6 is 0 Å². The molecule has 1 N–H and O–H groups in total. The van der Waals surface area contributed by atoms with Crippen molar-refractivity contribution in [3.63, 3.8) is 0 Å². The summed E-state index contributed by atoms with van der Waals surface area (Å²) in [7, 11) is 1.57. The molecule has 3 aromatic rings. The van der Waals surface area contributed by atoms with Gasteiger partial charge in [0.15, 0.2) is 11.4 Å². The Morgan fingerprint density at radius 3 is 2.37 bits per heavy atom. The topological polar surface area (TPSA) is 86.0 Å². The monoisotopic (exact) mass is 408 g/mol. The zero-order chi connectivity index (χ0) is 22.1. The third kappa shape index (κ3) is 4.08. The average Bonchev–Trinajstić information content (AvgIpc) is 3.18. The van der Waals surface area contributed by atoms with Crippen molar-refractivity contribution in [1.82, 2.24) is 0 Å². The lowest BCUT2D eigenvalue weighted by atomic mass is 10.0. The van der Waals surface area contributed by atoms with E-state index in [0.29, 0.717) is 22.6 Å². The largest absolute Gasteiger partial charge is 0.496 e. The molecule has 0 aliphatic carbocycles. The normalized spacial score (nSPS) is 11.8. The molecule has 0 amide bonds. The predicted octanol–water partition coefficient (Wildman–Crippen LogP) is 5.20. The molecule has 0 atom stereocenters. The third-order valence-corrected chi connectivity index (χ3v) is 4.84. The Bertz CT molecular complexity index is 1130. The van der Waals surface area contributed by atoms with Crippen LogP contribution in [0.1, 0.15) is 40.9 Å². The van der Waals surface area contributed by atoms with Gasteiger partial charge in [-0.2, -0.15) is 0 Å². The first-order valence-corrected chi connectivity index (χ1v) is 9.44. The molecular weight excluding hydrogens is 384 g/mol. The lowest BCUT2D eigenvalue weighted by Gasteiger charge is -2.24. The number of rotatable bonds is 7. The SMILES string of the molecule is COc1ccc(C(=O)C=Cc2cc(C)c(OC(C)(C)C(=O)O)c(C)c2)c2occc12. The van der Waals surface area contributed by atoms with Crippen LogP contribution in [0, 0.1) is 13.8 Å². The van der Waals surface area contributed by atoms with E-state index in [1.165, 1.54) is 26.2 Å². The van der Waals surface area contributed by atoms with Crippen LogP contribution in [0.4, 0.5) is 0 Å². The fourth-order valence-electron chi connectivity index (χ4n) is 3.21. The van der Waals surface area contributed by atoms with E-state index in [9.17, 15) is 14.7 Å². The first-order chi connectivity index (χ1) is 14.1. The molecule has 0 bridgehead atoms. The summed E-state index contributed by atoms with van der Waals surface area (Å²) in [5, 5.41) is 10.0. The van der Waals surface area contributed by atoms with Gasteiger partial charge >= 0.3 is 5.97 Å². The van der Waals surface area contributed by atoms with Crippen LogP contribution in [0.5, 0.6) is 11.5 Å². The summed E-state index contributed by atoms with van der Waals surface area (Å²) in [6.07, 6.45) is 4.73. The second-order valence-corrected chi connectivity index (χ2v) is 7.58. The minimum Gasteiger partial charge on any atom is -0.496 e. The van der Waals surface area contributed by atoms with Crippen LogP contribution < -0.4 is 9.47 Å². The number of hydrogen-bond acceptors (Lipinski definition) is 5. The first-order valence-electron chi connectivity index (χ1n) is 9.44. The van der Waals surface area contributed by atoms with E-state index in [-0.39, 0.29) is 5.78 Å². The van der Waals surface area contributed by atoms with Crippen LogP contribution in [-0.4, -0.2) is 29.6 Å². The first kappa shape index (κ1) is 21.2. The van der Waals surface area contributed by atoms with Crippen molar-refractivity contribution in [1.29, 1.82) is 0 Å². The molecule has 156 valence electrons. The van der Waals surface area contributed by atoms with Gasteiger partial charge in [0.2, 0.25) is 0 Å². The van der Waals surface area contributed by atoms with Crippen LogP contribution in [0.25, 0.3) is 17.0 Å². The number of carboxylic acid groups (broad SMARTS) is 1. The highest BCUT2D eigenvalue weighted by Gasteiger charge is 2.30. The Kier molecular flexibility index (Phi) is 5.69. The molecule has 6 heteroatoms. The van der Waals surface area contributed by atoms with Crippen molar-refractivity contribution in [3.05, 3.63) is 64.9 Å². The Labute approximate surface area is 174 Å². The van der Waals surface area contributed by atoms with Gasteiger partial charge in [-0.15, -0.1) is 0 Å². The minimum atomic E-state index is -1.34. The maximum atomic E-state index is 12.8. The van der Waals surface area contributed by atoms with E-state index in [0.717, 1.165) is 22.1 Å². The number of methoxy groups -OCH3 is 1. The van der Waals surface area contributed by atoms with Crippen molar-refractivity contribution in [2.24, 2.45) is 0 Å². The molecule has 0 aliphatic rings. The summed E-state index contributed by atoms with van der Waals surface area (Å²) in [5.74, 6) is -0.0661. The minimum absolute atomic E-state index is 0.194. The predicted molar refractivity (Wildman–Crippen MR) is 114 cm³/mol. The molecule has 1 aromatic heterocycles. The van der Waals surface area contributed by atoms with Crippen LogP contribution in [0.3, 0.4) is 0 Å². The summed E-state index contributed by atoms with van der Waals surface area (Å²) in [5.41, 5.74) is 1.97. The van der Waals surface area contributed by atoms with Gasteiger partial charge in [-0.05, 0) is 80.8 Å². The molecule has 2 aromatic carbocycles. The number of carboxylic acids is 1. The quantitative estimate of drug-likeness (QED) is 0.427. The van der Waals surface area contributed by atoms with Crippen molar-refractivity contribution in [3.8, 4) is 11.5 Å². The molecule has 0 fully saturated rings. The smallest absolute Gasteiger partial charge is 0.347 e. The molecule has 30 heavy (non-hydrogen) atoms. The van der Waals surface area contributed by atoms with Crippen LogP contribution in [0.15, 0.2) is 47.1 Å². The highest BCUT2D eigenvalue weighted by molar-refractivity contribution is 6.14. The molecule has 0 spiro atoms. The van der Waals surface area contributed by atoms with E-state index in [1.54, 1.807) is 31.4 Å². The van der Waals surface area contributed by atoms with E-state index >= 15 is 0 Å². The maximum absolute atomic E-state index is 12.8. The average molecular weight is 408 g/mol. The van der Waals surface area contributed by atoms with Crippen LogP contribution in [0.2, 0.25) is 0 Å². The molecule has 6 nitrogen and oxygen atoms in total. The number of ether oxygens (including phenoxy) is 2. The standard InChI is InChI=1S/C24H24O6/c1-14-12-16(13-15(2)21(14)30-24(3,4)23(26)27)6-8-19(25)17-7-9-20(28-5)18-10-11-29-22(17)18/h6-13H,1-5H3,(H,26,27). The summed E-state index contributed by atoms with van der Waals surface area (Å²) in [4.78, 5) is 24.1. The molecule has 0 saturated carbocycles. The number of aliphatic carboxylic acids is 1. The van der Waals surface area contributed by atoms with Gasteiger partial charge in [-0.1, -0.05) is 6.08 Å². The Balaban J connectivity index is 1.87. The number of carbonyl (C=O) groups excluding carboxylic acids is 1. The van der Waals surface area contributed by atoms with E-state index < -0.39 is 11.6 Å². The number of carbonyl (C=O) groups is 2. The van der Waals surface area contributed by atoms with E-state index in [1.807, 2.05) is 26.0 Å². The molecular formula is C24H24O6. The zero-order valence-electron chi connectivity index (χ0n) is 17.6. The molecule has 3 rings (SSSR count). The highest BCUT2D eigenvalue weighted by atomic mass is 16.5. The summed E-state index contributed by atoms with van der Waals surface area (Å²) in [6.45, 7) is 6.69. The number of benzene rings is 2. The molecule has 0 saturated heterocycles. The van der Waals surface area contributed by atoms with Crippen molar-refractivity contribution >= 4 is 28.8 Å². The third-order valence-electron chi connectivity index (χ3n) is 4.84. The number of fused-ring (bicyclic) bond motifs is 1. The van der Waals surface area contributed by atoms with E-state index in [4.69, 9.17) is 13.9 Å². The van der Waals surface area contributed by atoms with Gasteiger partial charge in [0.25, 0.3) is 0 Å². The second-order valence-electron chi connectivity index (χ2n) is 7.58. The number of ketones is 1. The molecule has 0 unspecified atom stereocenters. The second kappa shape index (κ2) is 8.06. The molecule has 1 heterocycles. The number of allylic oxidation sites excluding steroid dienone is 1. The summed E-state index contributed by atoms with van der Waals surface area (Å²) < 4.78 is 16.5. The van der Waals surface area contributed by atoms with Gasteiger partial charge in [-0.25, -0.2) is 4.79 Å². The Morgan fingerprint density at radius 2 is 1.77 bits per heavy atom. The number of furan rings is 1. The van der Waals surface area contributed by atoms with Crippen molar-refractivity contribution in [2.75, 3.05) is 7.11 Å². The van der Waals surface area contributed by atoms with Crippen molar-refractivity contribution < 1.29 is 28.6 Å². The van der Waals surface area contributed by atoms with Gasteiger partial charge < -0.3 is 19.0 Å². The zero-order valence-corrected chi connectivity index (χ0v) is 17.6. The van der Waals surface area contributed by atoms with E-state index in [2.05, 4.69) is 0 Å². The molecule has 0 aliphatic heterocycles. The highest BCUT2D eigenvalue weighted by Crippen LogP contribution is 2.31. The lowest BCUT2D eigenvalue weighted by Crippen LogP contribution is -2.38. The summed E-state index contributed by atoms with van der Waals surface area (Å²) in [6, 6.07) is 8.88. The summed E-state index contributed by atoms with van der Waals surface area (Å²) >= 11 is 0. The fraction of sp³-hybridized carbons (Fsp3) is 0.250. The Morgan fingerprint density at radius 1 is 1.10 bits per heavy atom.